The normalized spacial score (nSPS) is 15.5. The third kappa shape index (κ3) is 6.85. The largest absolute Gasteiger partial charge is 0.363 e. The average molecular weight is 508 g/mol. The molecule has 1 aromatic carbocycles. The van der Waals surface area contributed by atoms with Crippen LogP contribution in [0.3, 0.4) is 0 Å². The highest BCUT2D eigenvalue weighted by Gasteiger charge is 2.23. The molecule has 0 bridgehead atoms. The molecule has 1 aromatic heterocycles. The number of aliphatic imine (C=N–C) groups is 1. The predicted molar refractivity (Wildman–Crippen MR) is 132 cm³/mol. The van der Waals surface area contributed by atoms with Gasteiger partial charge in [0, 0.05) is 40.4 Å². The van der Waals surface area contributed by atoms with Gasteiger partial charge in [-0.1, -0.05) is 30.3 Å². The fraction of sp³-hybridized carbons (Fsp3) is 0.455. The summed E-state index contributed by atoms with van der Waals surface area (Å²) in [7, 11) is 5.82. The Kier molecular flexibility index (Phi) is 9.66. The van der Waals surface area contributed by atoms with Crippen LogP contribution in [0.5, 0.6) is 0 Å². The molecule has 0 saturated carbocycles. The second kappa shape index (κ2) is 12.0. The Morgan fingerprint density at radius 3 is 2.52 bits per heavy atom. The molecule has 1 atom stereocenters. The molecule has 0 aliphatic carbocycles. The maximum atomic E-state index is 4.40. The Hall–Kier alpha value is -1.87. The van der Waals surface area contributed by atoms with Crippen molar-refractivity contribution < 1.29 is 0 Å². The van der Waals surface area contributed by atoms with Crippen LogP contribution >= 0.6 is 24.0 Å². The Morgan fingerprint density at radius 1 is 1.14 bits per heavy atom. The van der Waals surface area contributed by atoms with Crippen molar-refractivity contribution in [3.05, 3.63) is 59.8 Å². The number of anilines is 1. The van der Waals surface area contributed by atoms with Crippen LogP contribution in [0.2, 0.25) is 0 Å². The van der Waals surface area contributed by atoms with Crippen LogP contribution in [0.15, 0.2) is 53.7 Å². The van der Waals surface area contributed by atoms with Crippen molar-refractivity contribution >= 4 is 35.8 Å². The summed E-state index contributed by atoms with van der Waals surface area (Å²) >= 11 is 0. The lowest BCUT2D eigenvalue weighted by molar-refractivity contribution is 0.245. The van der Waals surface area contributed by atoms with E-state index in [-0.39, 0.29) is 24.0 Å². The van der Waals surface area contributed by atoms with Gasteiger partial charge in [-0.05, 0) is 49.2 Å². The highest BCUT2D eigenvalue weighted by atomic mass is 127. The number of nitrogens with zero attached hydrogens (tertiary/aromatic N) is 4. The van der Waals surface area contributed by atoms with E-state index in [1.54, 1.807) is 0 Å². The summed E-state index contributed by atoms with van der Waals surface area (Å²) in [5.74, 6) is 1.78. The van der Waals surface area contributed by atoms with Crippen molar-refractivity contribution in [2.45, 2.75) is 25.4 Å². The highest BCUT2D eigenvalue weighted by Crippen LogP contribution is 2.24. The van der Waals surface area contributed by atoms with E-state index < -0.39 is 0 Å². The topological polar surface area (TPSA) is 55.8 Å². The molecule has 7 heteroatoms. The molecule has 2 aromatic rings. The fourth-order valence-electron chi connectivity index (χ4n) is 3.60. The molecular formula is C22H33IN6. The van der Waals surface area contributed by atoms with Gasteiger partial charge >= 0.3 is 0 Å². The molecule has 29 heavy (non-hydrogen) atoms. The Bertz CT molecular complexity index is 759. The molecule has 158 valence electrons. The third-order valence-electron chi connectivity index (χ3n) is 5.18. The molecule has 2 N–H and O–H groups in total. The first kappa shape index (κ1) is 23.4. The summed E-state index contributed by atoms with van der Waals surface area (Å²) in [6.07, 6.45) is 4.42. The Balaban J connectivity index is 0.00000300. The molecule has 1 aliphatic rings. The van der Waals surface area contributed by atoms with Gasteiger partial charge in [-0.2, -0.15) is 0 Å². The molecule has 0 spiro atoms. The zero-order valence-electron chi connectivity index (χ0n) is 17.6. The first-order valence-electron chi connectivity index (χ1n) is 10.0. The number of likely N-dealkylation sites (tertiary alicyclic amines) is 1. The van der Waals surface area contributed by atoms with Crippen molar-refractivity contribution in [3.8, 4) is 0 Å². The van der Waals surface area contributed by atoms with Gasteiger partial charge in [0.05, 0.1) is 6.04 Å². The van der Waals surface area contributed by atoms with E-state index >= 15 is 0 Å². The third-order valence-corrected chi connectivity index (χ3v) is 5.18. The highest BCUT2D eigenvalue weighted by molar-refractivity contribution is 14.0. The number of aromatic nitrogens is 1. The maximum absolute atomic E-state index is 4.40. The predicted octanol–water partition coefficient (Wildman–Crippen LogP) is 3.27. The molecular weight excluding hydrogens is 475 g/mol. The fourth-order valence-corrected chi connectivity index (χ4v) is 3.60. The summed E-state index contributed by atoms with van der Waals surface area (Å²) in [5.41, 5.74) is 2.54. The maximum Gasteiger partial charge on any atom is 0.191 e. The van der Waals surface area contributed by atoms with Crippen LogP contribution in [0.4, 0.5) is 5.82 Å². The smallest absolute Gasteiger partial charge is 0.191 e. The van der Waals surface area contributed by atoms with Crippen molar-refractivity contribution in [2.24, 2.45) is 4.99 Å². The van der Waals surface area contributed by atoms with E-state index in [0.717, 1.165) is 31.4 Å². The quantitative estimate of drug-likeness (QED) is 0.342. The van der Waals surface area contributed by atoms with Gasteiger partial charge in [-0.15, -0.1) is 24.0 Å². The second-order valence-electron chi connectivity index (χ2n) is 7.39. The lowest BCUT2D eigenvalue weighted by atomic mass is 10.1. The van der Waals surface area contributed by atoms with Crippen molar-refractivity contribution in [1.82, 2.24) is 20.5 Å². The number of hydrogen-bond acceptors (Lipinski definition) is 4. The minimum Gasteiger partial charge on any atom is -0.363 e. The van der Waals surface area contributed by atoms with Gasteiger partial charge in [0.1, 0.15) is 5.82 Å². The van der Waals surface area contributed by atoms with E-state index in [0.29, 0.717) is 12.6 Å². The van der Waals surface area contributed by atoms with Gasteiger partial charge in [0.25, 0.3) is 0 Å². The van der Waals surface area contributed by atoms with Crippen LogP contribution in [0, 0.1) is 0 Å². The van der Waals surface area contributed by atoms with E-state index in [9.17, 15) is 0 Å². The zero-order chi connectivity index (χ0) is 19.8. The lowest BCUT2D eigenvalue weighted by Gasteiger charge is -2.29. The summed E-state index contributed by atoms with van der Waals surface area (Å²) < 4.78 is 0. The monoisotopic (exact) mass is 508 g/mol. The van der Waals surface area contributed by atoms with Crippen molar-refractivity contribution in [3.63, 3.8) is 0 Å². The standard InChI is InChI=1S/C22H32N6.HI/c1-23-22(25-16-18-11-12-24-21(15-18)27(2)3)26-17-20(28-13-7-8-14-28)19-9-5-4-6-10-19;/h4-6,9-12,15,20H,7-8,13-14,16-17H2,1-3H3,(H2,23,25,26);1H. The average Bonchev–Trinajstić information content (AvgIpc) is 3.26. The summed E-state index contributed by atoms with van der Waals surface area (Å²) in [5, 5.41) is 6.95. The van der Waals surface area contributed by atoms with Crippen molar-refractivity contribution in [1.29, 1.82) is 0 Å². The van der Waals surface area contributed by atoms with E-state index in [2.05, 4.69) is 61.9 Å². The van der Waals surface area contributed by atoms with Crippen LogP contribution in [0.1, 0.15) is 30.0 Å². The summed E-state index contributed by atoms with van der Waals surface area (Å²) in [6.45, 7) is 3.88. The molecule has 3 rings (SSSR count). The Morgan fingerprint density at radius 2 is 1.86 bits per heavy atom. The number of hydrogen-bond donors (Lipinski definition) is 2. The molecule has 6 nitrogen and oxygen atoms in total. The van der Waals surface area contributed by atoms with Gasteiger partial charge in [0.15, 0.2) is 5.96 Å². The molecule has 1 aliphatic heterocycles. The van der Waals surface area contributed by atoms with Crippen LogP contribution in [0.25, 0.3) is 0 Å². The van der Waals surface area contributed by atoms with Crippen LogP contribution in [-0.2, 0) is 6.54 Å². The minimum absolute atomic E-state index is 0. The number of nitrogens with one attached hydrogen (secondary N) is 2. The lowest BCUT2D eigenvalue weighted by Crippen LogP contribution is -2.42. The SMILES string of the molecule is CN=C(NCc1ccnc(N(C)C)c1)NCC(c1ccccc1)N1CCCC1.I. The summed E-state index contributed by atoms with van der Waals surface area (Å²) in [4.78, 5) is 13.4. The number of rotatable bonds is 7. The molecule has 0 radical (unpaired) electrons. The molecule has 1 saturated heterocycles. The molecule has 2 heterocycles. The zero-order valence-corrected chi connectivity index (χ0v) is 20.0. The summed E-state index contributed by atoms with van der Waals surface area (Å²) in [6, 6.07) is 15.3. The first-order valence-corrected chi connectivity index (χ1v) is 10.0. The van der Waals surface area contributed by atoms with Crippen LogP contribution < -0.4 is 15.5 Å². The van der Waals surface area contributed by atoms with Crippen molar-refractivity contribution in [2.75, 3.05) is 45.7 Å². The van der Waals surface area contributed by atoms with Gasteiger partial charge in [-0.25, -0.2) is 4.98 Å². The molecule has 1 unspecified atom stereocenters. The van der Waals surface area contributed by atoms with Crippen LogP contribution in [-0.4, -0.2) is 56.6 Å². The van der Waals surface area contributed by atoms with Gasteiger partial charge in [-0.3, -0.25) is 9.89 Å². The number of halogens is 1. The number of guanidine groups is 1. The van der Waals surface area contributed by atoms with Gasteiger partial charge < -0.3 is 15.5 Å². The minimum atomic E-state index is 0. The number of benzene rings is 1. The van der Waals surface area contributed by atoms with E-state index in [4.69, 9.17) is 0 Å². The van der Waals surface area contributed by atoms with Gasteiger partial charge in [0.2, 0.25) is 0 Å². The molecule has 0 amide bonds. The number of pyridine rings is 1. The Labute approximate surface area is 191 Å². The second-order valence-corrected chi connectivity index (χ2v) is 7.39. The van der Waals surface area contributed by atoms with E-state index in [1.165, 1.54) is 24.0 Å². The molecule has 1 fully saturated rings. The first-order chi connectivity index (χ1) is 13.7. The van der Waals surface area contributed by atoms with E-state index in [1.807, 2.05) is 38.3 Å².